The smallest absolute Gasteiger partial charge is 0.314 e. The molecule has 1 atom stereocenters. The van der Waals surface area contributed by atoms with Gasteiger partial charge in [-0.3, -0.25) is 9.79 Å². The number of esters is 1. The van der Waals surface area contributed by atoms with Gasteiger partial charge in [-0.25, -0.2) is 0 Å². The number of methoxy groups -OCH3 is 1. The summed E-state index contributed by atoms with van der Waals surface area (Å²) in [6, 6.07) is 7.35. The van der Waals surface area contributed by atoms with Crippen LogP contribution in [0.2, 0.25) is 0 Å². The van der Waals surface area contributed by atoms with Crippen molar-refractivity contribution in [3.8, 4) is 5.75 Å². The Morgan fingerprint density at radius 1 is 1.44 bits per heavy atom. The lowest BCUT2D eigenvalue weighted by atomic mass is 10.1. The standard InChI is InChI=1S/C12H13NO3/c1-15-11-4-2-10(3-5-11)13-8-9-6-7-16-12(9)14/h2-5,8-9H,6-7H2,1H3. The highest BCUT2D eigenvalue weighted by Crippen LogP contribution is 2.19. The summed E-state index contributed by atoms with van der Waals surface area (Å²) in [5.41, 5.74) is 0.806. The van der Waals surface area contributed by atoms with E-state index in [0.29, 0.717) is 6.61 Å². The summed E-state index contributed by atoms with van der Waals surface area (Å²) in [5, 5.41) is 0. The first-order chi connectivity index (χ1) is 7.79. The molecule has 1 heterocycles. The summed E-state index contributed by atoms with van der Waals surface area (Å²) < 4.78 is 9.88. The Labute approximate surface area is 93.9 Å². The van der Waals surface area contributed by atoms with Crippen LogP contribution in [-0.4, -0.2) is 25.9 Å². The van der Waals surface area contributed by atoms with Gasteiger partial charge in [-0.05, 0) is 30.7 Å². The number of nitrogens with zero attached hydrogens (tertiary/aromatic N) is 1. The Hall–Kier alpha value is -1.84. The maximum Gasteiger partial charge on any atom is 0.314 e. The van der Waals surface area contributed by atoms with Crippen molar-refractivity contribution >= 4 is 17.9 Å². The molecule has 1 aliphatic heterocycles. The number of hydrogen-bond acceptors (Lipinski definition) is 4. The number of benzene rings is 1. The van der Waals surface area contributed by atoms with Gasteiger partial charge in [0.05, 0.1) is 25.3 Å². The first-order valence-corrected chi connectivity index (χ1v) is 5.14. The van der Waals surface area contributed by atoms with Gasteiger partial charge in [-0.1, -0.05) is 0 Å². The van der Waals surface area contributed by atoms with E-state index >= 15 is 0 Å². The molecule has 16 heavy (non-hydrogen) atoms. The molecule has 4 heteroatoms. The van der Waals surface area contributed by atoms with E-state index < -0.39 is 0 Å². The van der Waals surface area contributed by atoms with Gasteiger partial charge in [0.15, 0.2) is 0 Å². The van der Waals surface area contributed by atoms with Crippen LogP contribution in [0.3, 0.4) is 0 Å². The van der Waals surface area contributed by atoms with Crippen molar-refractivity contribution in [3.05, 3.63) is 24.3 Å². The lowest BCUT2D eigenvalue weighted by Crippen LogP contribution is -2.08. The van der Waals surface area contributed by atoms with Gasteiger partial charge in [0.25, 0.3) is 0 Å². The summed E-state index contributed by atoms with van der Waals surface area (Å²) in [4.78, 5) is 15.4. The van der Waals surface area contributed by atoms with Crippen molar-refractivity contribution in [1.29, 1.82) is 0 Å². The molecule has 1 fully saturated rings. The molecule has 2 rings (SSSR count). The Balaban J connectivity index is 2.02. The van der Waals surface area contributed by atoms with Gasteiger partial charge in [-0.15, -0.1) is 0 Å². The highest BCUT2D eigenvalue weighted by molar-refractivity contribution is 5.91. The molecule has 0 aromatic heterocycles. The summed E-state index contributed by atoms with van der Waals surface area (Å²) in [6.07, 6.45) is 2.37. The molecular weight excluding hydrogens is 206 g/mol. The van der Waals surface area contributed by atoms with Gasteiger partial charge >= 0.3 is 5.97 Å². The second-order valence-corrected chi connectivity index (χ2v) is 3.54. The Kier molecular flexibility index (Phi) is 3.19. The fourth-order valence-electron chi connectivity index (χ4n) is 1.49. The monoisotopic (exact) mass is 219 g/mol. The van der Waals surface area contributed by atoms with E-state index in [1.54, 1.807) is 13.3 Å². The molecule has 0 aliphatic carbocycles. The number of aliphatic imine (C=N–C) groups is 1. The molecular formula is C12H13NO3. The normalized spacial score (nSPS) is 20.1. The van der Waals surface area contributed by atoms with Crippen molar-refractivity contribution in [1.82, 2.24) is 0 Å². The predicted octanol–water partition coefficient (Wildman–Crippen LogP) is 1.96. The highest BCUT2D eigenvalue weighted by Gasteiger charge is 2.24. The number of rotatable bonds is 3. The van der Waals surface area contributed by atoms with Crippen LogP contribution in [0.25, 0.3) is 0 Å². The second kappa shape index (κ2) is 4.79. The van der Waals surface area contributed by atoms with E-state index in [0.717, 1.165) is 17.9 Å². The van der Waals surface area contributed by atoms with E-state index in [4.69, 9.17) is 9.47 Å². The van der Waals surface area contributed by atoms with Crippen LogP contribution in [-0.2, 0) is 9.53 Å². The van der Waals surface area contributed by atoms with Crippen molar-refractivity contribution in [2.75, 3.05) is 13.7 Å². The van der Waals surface area contributed by atoms with E-state index in [9.17, 15) is 4.79 Å². The average Bonchev–Trinajstić information content (AvgIpc) is 2.73. The van der Waals surface area contributed by atoms with Crippen LogP contribution in [0.4, 0.5) is 5.69 Å². The Morgan fingerprint density at radius 3 is 2.75 bits per heavy atom. The SMILES string of the molecule is COc1ccc(N=CC2CCOC2=O)cc1. The van der Waals surface area contributed by atoms with E-state index in [-0.39, 0.29) is 11.9 Å². The minimum Gasteiger partial charge on any atom is -0.497 e. The van der Waals surface area contributed by atoms with Crippen LogP contribution >= 0.6 is 0 Å². The summed E-state index contributed by atoms with van der Waals surface area (Å²) in [5.74, 6) is 0.415. The number of cyclic esters (lactones) is 1. The molecule has 1 saturated heterocycles. The molecule has 4 nitrogen and oxygen atoms in total. The quantitative estimate of drug-likeness (QED) is 0.576. The molecule has 0 N–H and O–H groups in total. The van der Waals surface area contributed by atoms with Gasteiger partial charge < -0.3 is 9.47 Å². The van der Waals surface area contributed by atoms with E-state index in [1.165, 1.54) is 0 Å². The Bertz CT molecular complexity index is 397. The second-order valence-electron chi connectivity index (χ2n) is 3.54. The third-order valence-corrected chi connectivity index (χ3v) is 2.45. The molecule has 1 aromatic rings. The lowest BCUT2D eigenvalue weighted by molar-refractivity contribution is -0.139. The summed E-state index contributed by atoms with van der Waals surface area (Å²) in [6.45, 7) is 0.498. The summed E-state index contributed by atoms with van der Waals surface area (Å²) in [7, 11) is 1.62. The third-order valence-electron chi connectivity index (χ3n) is 2.45. The fourth-order valence-corrected chi connectivity index (χ4v) is 1.49. The first-order valence-electron chi connectivity index (χ1n) is 5.14. The van der Waals surface area contributed by atoms with Crippen LogP contribution in [0, 0.1) is 5.92 Å². The number of hydrogen-bond donors (Lipinski definition) is 0. The highest BCUT2D eigenvalue weighted by atomic mass is 16.5. The third kappa shape index (κ3) is 2.39. The van der Waals surface area contributed by atoms with Crippen LogP contribution in [0.1, 0.15) is 6.42 Å². The molecule has 1 unspecified atom stereocenters. The van der Waals surface area contributed by atoms with Crippen LogP contribution in [0.5, 0.6) is 5.75 Å². The fraction of sp³-hybridized carbons (Fsp3) is 0.333. The Morgan fingerprint density at radius 2 is 2.19 bits per heavy atom. The molecule has 0 saturated carbocycles. The largest absolute Gasteiger partial charge is 0.497 e. The van der Waals surface area contributed by atoms with Crippen molar-refractivity contribution < 1.29 is 14.3 Å². The van der Waals surface area contributed by atoms with Gasteiger partial charge in [-0.2, -0.15) is 0 Å². The van der Waals surface area contributed by atoms with E-state index in [2.05, 4.69) is 4.99 Å². The molecule has 0 spiro atoms. The minimum absolute atomic E-state index is 0.183. The topological polar surface area (TPSA) is 47.9 Å². The predicted molar refractivity (Wildman–Crippen MR) is 60.2 cm³/mol. The molecule has 0 bridgehead atoms. The van der Waals surface area contributed by atoms with Crippen molar-refractivity contribution in [3.63, 3.8) is 0 Å². The minimum atomic E-state index is -0.192. The number of ether oxygens (including phenoxy) is 2. The molecule has 0 amide bonds. The molecule has 1 aromatic carbocycles. The molecule has 1 aliphatic rings. The molecule has 84 valence electrons. The van der Waals surface area contributed by atoms with Gasteiger partial charge in [0.2, 0.25) is 0 Å². The number of carbonyl (C=O) groups is 1. The van der Waals surface area contributed by atoms with Crippen LogP contribution < -0.4 is 4.74 Å². The first kappa shape index (κ1) is 10.7. The number of carbonyl (C=O) groups excluding carboxylic acids is 1. The zero-order valence-corrected chi connectivity index (χ0v) is 9.05. The maximum atomic E-state index is 11.2. The average molecular weight is 219 g/mol. The zero-order chi connectivity index (χ0) is 11.4. The van der Waals surface area contributed by atoms with Gasteiger partial charge in [0, 0.05) is 6.21 Å². The van der Waals surface area contributed by atoms with Crippen molar-refractivity contribution in [2.45, 2.75) is 6.42 Å². The van der Waals surface area contributed by atoms with Crippen LogP contribution in [0.15, 0.2) is 29.3 Å². The van der Waals surface area contributed by atoms with E-state index in [1.807, 2.05) is 24.3 Å². The van der Waals surface area contributed by atoms with Gasteiger partial charge in [0.1, 0.15) is 5.75 Å². The lowest BCUT2D eigenvalue weighted by Gasteiger charge is -1.99. The molecule has 0 radical (unpaired) electrons. The zero-order valence-electron chi connectivity index (χ0n) is 9.05. The van der Waals surface area contributed by atoms with Crippen molar-refractivity contribution in [2.24, 2.45) is 10.9 Å². The maximum absolute atomic E-state index is 11.2. The summed E-state index contributed by atoms with van der Waals surface area (Å²) >= 11 is 0.